The molecule has 6 nitrogen and oxygen atoms in total. The third-order valence-corrected chi connectivity index (χ3v) is 2.22. The molecule has 0 fully saturated rings. The van der Waals surface area contributed by atoms with Crippen LogP contribution in [0.5, 0.6) is 6.01 Å². The summed E-state index contributed by atoms with van der Waals surface area (Å²) in [5.41, 5.74) is 0.761. The van der Waals surface area contributed by atoms with Crippen molar-refractivity contribution in [1.29, 1.82) is 0 Å². The lowest BCUT2D eigenvalue weighted by Crippen LogP contribution is -2.07. The van der Waals surface area contributed by atoms with E-state index < -0.39 is 5.97 Å². The van der Waals surface area contributed by atoms with Crippen molar-refractivity contribution in [2.75, 3.05) is 13.7 Å². The van der Waals surface area contributed by atoms with Crippen LogP contribution in [0.2, 0.25) is 0 Å². The van der Waals surface area contributed by atoms with Gasteiger partial charge in [0.05, 0.1) is 19.4 Å². The number of para-hydroxylation sites is 1. The number of esters is 1. The van der Waals surface area contributed by atoms with Gasteiger partial charge in [-0.3, -0.25) is 0 Å². The van der Waals surface area contributed by atoms with Crippen LogP contribution in [0.3, 0.4) is 0 Å². The summed E-state index contributed by atoms with van der Waals surface area (Å²) in [5.74, 6) is -0.581. The Morgan fingerprint density at radius 3 is 2.67 bits per heavy atom. The summed E-state index contributed by atoms with van der Waals surface area (Å²) in [5, 5.41) is 4.08. The predicted molar refractivity (Wildman–Crippen MR) is 63.9 cm³/mol. The maximum atomic E-state index is 11.5. The van der Waals surface area contributed by atoms with Gasteiger partial charge in [-0.2, -0.15) is 9.67 Å². The molecule has 1 aromatic heterocycles. The number of carbonyl (C=O) groups excluding carboxylic acids is 1. The minimum atomic E-state index is -0.564. The number of hydrogen-bond acceptors (Lipinski definition) is 5. The molecule has 0 aliphatic carbocycles. The summed E-state index contributed by atoms with van der Waals surface area (Å²) in [6, 6.07) is 9.53. The molecule has 6 heteroatoms. The predicted octanol–water partition coefficient (Wildman–Crippen LogP) is 1.45. The molecule has 0 spiro atoms. The standard InChI is InChI=1S/C12H13N3O3/c1-3-18-11(16)10-13-12(17-2)15(14-10)9-7-5-4-6-8-9/h4-8H,3H2,1-2H3. The molecule has 1 aromatic carbocycles. The first-order valence-corrected chi connectivity index (χ1v) is 5.50. The van der Waals surface area contributed by atoms with Crippen molar-refractivity contribution in [2.24, 2.45) is 0 Å². The van der Waals surface area contributed by atoms with Crippen molar-refractivity contribution in [1.82, 2.24) is 14.8 Å². The number of ether oxygens (including phenoxy) is 2. The van der Waals surface area contributed by atoms with Gasteiger partial charge in [-0.05, 0) is 19.1 Å². The molecular formula is C12H13N3O3. The number of nitrogens with zero attached hydrogens (tertiary/aromatic N) is 3. The van der Waals surface area contributed by atoms with Gasteiger partial charge >= 0.3 is 12.0 Å². The van der Waals surface area contributed by atoms with Crippen LogP contribution in [0.25, 0.3) is 5.69 Å². The fourth-order valence-electron chi connectivity index (χ4n) is 1.45. The van der Waals surface area contributed by atoms with E-state index in [1.165, 1.54) is 11.8 Å². The molecule has 0 atom stereocenters. The van der Waals surface area contributed by atoms with E-state index in [1.807, 2.05) is 30.3 Å². The third kappa shape index (κ3) is 2.32. The van der Waals surface area contributed by atoms with E-state index in [4.69, 9.17) is 9.47 Å². The zero-order valence-electron chi connectivity index (χ0n) is 10.2. The molecule has 2 aromatic rings. The van der Waals surface area contributed by atoms with Crippen molar-refractivity contribution in [3.63, 3.8) is 0 Å². The molecule has 0 bridgehead atoms. The second kappa shape index (κ2) is 5.31. The summed E-state index contributed by atoms with van der Waals surface area (Å²) in [6.07, 6.45) is 0. The van der Waals surface area contributed by atoms with Crippen LogP contribution in [0, 0.1) is 0 Å². The molecule has 94 valence electrons. The monoisotopic (exact) mass is 247 g/mol. The Hall–Kier alpha value is -2.37. The van der Waals surface area contributed by atoms with Crippen molar-refractivity contribution < 1.29 is 14.3 Å². The van der Waals surface area contributed by atoms with Crippen LogP contribution in [-0.4, -0.2) is 34.5 Å². The lowest BCUT2D eigenvalue weighted by atomic mass is 10.3. The van der Waals surface area contributed by atoms with E-state index in [2.05, 4.69) is 10.1 Å². The lowest BCUT2D eigenvalue weighted by Gasteiger charge is -2.02. The van der Waals surface area contributed by atoms with Gasteiger partial charge in [-0.15, -0.1) is 5.10 Å². The summed E-state index contributed by atoms with van der Waals surface area (Å²) >= 11 is 0. The Kier molecular flexibility index (Phi) is 3.57. The van der Waals surface area contributed by atoms with E-state index in [0.717, 1.165) is 5.69 Å². The Bertz CT molecular complexity index is 537. The highest BCUT2D eigenvalue weighted by atomic mass is 16.5. The quantitative estimate of drug-likeness (QED) is 0.765. The zero-order chi connectivity index (χ0) is 13.0. The number of aromatic nitrogens is 3. The first kappa shape index (κ1) is 12.1. The van der Waals surface area contributed by atoms with Crippen molar-refractivity contribution >= 4 is 5.97 Å². The molecule has 0 amide bonds. The highest BCUT2D eigenvalue weighted by Crippen LogP contribution is 2.15. The van der Waals surface area contributed by atoms with Crippen LogP contribution >= 0.6 is 0 Å². The van der Waals surface area contributed by atoms with Gasteiger partial charge in [-0.25, -0.2) is 4.79 Å². The Balaban J connectivity index is 2.39. The van der Waals surface area contributed by atoms with Gasteiger partial charge < -0.3 is 9.47 Å². The molecule has 2 rings (SSSR count). The van der Waals surface area contributed by atoms with Gasteiger partial charge in [0, 0.05) is 0 Å². The Morgan fingerprint density at radius 2 is 2.06 bits per heavy atom. The minimum Gasteiger partial charge on any atom is -0.467 e. The minimum absolute atomic E-state index is 0.0162. The van der Waals surface area contributed by atoms with E-state index in [9.17, 15) is 4.79 Å². The molecule has 0 aliphatic heterocycles. The Labute approximate surface area is 104 Å². The smallest absolute Gasteiger partial charge is 0.378 e. The van der Waals surface area contributed by atoms with Crippen LogP contribution in [0.1, 0.15) is 17.5 Å². The maximum Gasteiger partial charge on any atom is 0.378 e. The molecule has 18 heavy (non-hydrogen) atoms. The summed E-state index contributed by atoms with van der Waals surface area (Å²) in [4.78, 5) is 15.5. The average molecular weight is 247 g/mol. The number of rotatable bonds is 4. The van der Waals surface area contributed by atoms with Gasteiger partial charge in [-0.1, -0.05) is 18.2 Å². The fourth-order valence-corrected chi connectivity index (χ4v) is 1.45. The Morgan fingerprint density at radius 1 is 1.33 bits per heavy atom. The lowest BCUT2D eigenvalue weighted by molar-refractivity contribution is 0.0512. The highest BCUT2D eigenvalue weighted by Gasteiger charge is 2.18. The molecule has 0 saturated carbocycles. The molecule has 0 saturated heterocycles. The van der Waals surface area contributed by atoms with Crippen LogP contribution in [0.4, 0.5) is 0 Å². The summed E-state index contributed by atoms with van der Waals surface area (Å²) < 4.78 is 11.4. The van der Waals surface area contributed by atoms with E-state index in [0.29, 0.717) is 0 Å². The normalized spacial score (nSPS) is 10.1. The molecule has 0 radical (unpaired) electrons. The number of methoxy groups -OCH3 is 1. The van der Waals surface area contributed by atoms with E-state index in [1.54, 1.807) is 6.92 Å². The van der Waals surface area contributed by atoms with Crippen molar-refractivity contribution in [3.05, 3.63) is 36.2 Å². The number of hydrogen-bond donors (Lipinski definition) is 0. The fraction of sp³-hybridized carbons (Fsp3) is 0.250. The highest BCUT2D eigenvalue weighted by molar-refractivity contribution is 5.85. The first-order chi connectivity index (χ1) is 8.76. The van der Waals surface area contributed by atoms with Gasteiger partial charge in [0.1, 0.15) is 0 Å². The van der Waals surface area contributed by atoms with E-state index in [-0.39, 0.29) is 18.4 Å². The third-order valence-electron chi connectivity index (χ3n) is 2.22. The molecular weight excluding hydrogens is 234 g/mol. The van der Waals surface area contributed by atoms with Crippen molar-refractivity contribution in [2.45, 2.75) is 6.92 Å². The zero-order valence-corrected chi connectivity index (χ0v) is 10.2. The summed E-state index contributed by atoms with van der Waals surface area (Å²) in [7, 11) is 1.47. The van der Waals surface area contributed by atoms with Crippen molar-refractivity contribution in [3.8, 4) is 11.7 Å². The molecule has 0 N–H and O–H groups in total. The molecule has 1 heterocycles. The first-order valence-electron chi connectivity index (χ1n) is 5.50. The van der Waals surface area contributed by atoms with Crippen LogP contribution < -0.4 is 4.74 Å². The second-order valence-electron chi connectivity index (χ2n) is 3.39. The maximum absolute atomic E-state index is 11.5. The second-order valence-corrected chi connectivity index (χ2v) is 3.39. The van der Waals surface area contributed by atoms with Gasteiger partial charge in [0.2, 0.25) is 0 Å². The van der Waals surface area contributed by atoms with Gasteiger partial charge in [0.25, 0.3) is 5.82 Å². The van der Waals surface area contributed by atoms with E-state index >= 15 is 0 Å². The van der Waals surface area contributed by atoms with Gasteiger partial charge in [0.15, 0.2) is 0 Å². The number of carbonyl (C=O) groups is 1. The van der Waals surface area contributed by atoms with Crippen LogP contribution in [0.15, 0.2) is 30.3 Å². The topological polar surface area (TPSA) is 66.2 Å². The van der Waals surface area contributed by atoms with Crippen LogP contribution in [-0.2, 0) is 4.74 Å². The molecule has 0 unspecified atom stereocenters. The SMILES string of the molecule is CCOC(=O)c1nc(OC)n(-c2ccccc2)n1. The average Bonchev–Trinajstić information content (AvgIpc) is 2.84. The summed E-state index contributed by atoms with van der Waals surface area (Å²) in [6.45, 7) is 2.00. The number of benzene rings is 1. The largest absolute Gasteiger partial charge is 0.467 e. The molecule has 0 aliphatic rings.